The first kappa shape index (κ1) is 12.3. The molecule has 0 spiro atoms. The molecule has 1 aliphatic heterocycles. The maximum absolute atomic E-state index is 5.52. The van der Waals surface area contributed by atoms with Crippen molar-refractivity contribution in [1.29, 1.82) is 0 Å². The van der Waals surface area contributed by atoms with Gasteiger partial charge in [-0.1, -0.05) is 6.07 Å². The minimum absolute atomic E-state index is 0.543. The molecule has 0 aliphatic carbocycles. The third kappa shape index (κ3) is 3.96. The number of nitrogens with two attached hydrogens (primary N) is 1. The number of rotatable bonds is 5. The Bertz CT molecular complexity index is 322. The van der Waals surface area contributed by atoms with Crippen LogP contribution in [0.25, 0.3) is 0 Å². The summed E-state index contributed by atoms with van der Waals surface area (Å²) in [6.45, 7) is 6.25. The summed E-state index contributed by atoms with van der Waals surface area (Å²) in [5.41, 5.74) is 6.58. The fourth-order valence-electron chi connectivity index (χ4n) is 1.82. The molecule has 2 heterocycles. The zero-order valence-electron chi connectivity index (χ0n) is 10.1. The lowest BCUT2D eigenvalue weighted by atomic mass is 10.3. The van der Waals surface area contributed by atoms with Crippen LogP contribution in [0.3, 0.4) is 0 Å². The number of aromatic nitrogens is 1. The molecule has 3 N–H and O–H groups in total. The Morgan fingerprint density at radius 2 is 2.18 bits per heavy atom. The molecule has 5 nitrogen and oxygen atoms in total. The molecular formula is C12H20N4O. The summed E-state index contributed by atoms with van der Waals surface area (Å²) in [5.74, 6) is 0.912. The standard InChI is InChI=1S/C12H20N4O/c13-9-11-1-2-12(15-10-11)14-3-4-16-5-7-17-8-6-16/h1-2,10H,3-9,13H2,(H,14,15). The smallest absolute Gasteiger partial charge is 0.125 e. The van der Waals surface area contributed by atoms with Crippen LogP contribution in [0.1, 0.15) is 5.56 Å². The van der Waals surface area contributed by atoms with E-state index in [1.165, 1.54) is 0 Å². The molecule has 17 heavy (non-hydrogen) atoms. The van der Waals surface area contributed by atoms with Gasteiger partial charge in [-0.2, -0.15) is 0 Å². The zero-order chi connectivity index (χ0) is 11.9. The molecule has 0 aromatic carbocycles. The van der Waals surface area contributed by atoms with Crippen LogP contribution < -0.4 is 11.1 Å². The Hall–Kier alpha value is -1.17. The van der Waals surface area contributed by atoms with Crippen LogP contribution in [0.15, 0.2) is 18.3 Å². The van der Waals surface area contributed by atoms with E-state index in [0.717, 1.165) is 50.8 Å². The number of anilines is 1. The molecule has 1 aromatic heterocycles. The van der Waals surface area contributed by atoms with Gasteiger partial charge in [0.25, 0.3) is 0 Å². The average Bonchev–Trinajstić information content (AvgIpc) is 2.41. The van der Waals surface area contributed by atoms with Gasteiger partial charge >= 0.3 is 0 Å². The minimum Gasteiger partial charge on any atom is -0.379 e. The quantitative estimate of drug-likeness (QED) is 0.769. The van der Waals surface area contributed by atoms with Crippen LogP contribution in [-0.4, -0.2) is 49.3 Å². The molecular weight excluding hydrogens is 216 g/mol. The van der Waals surface area contributed by atoms with E-state index < -0.39 is 0 Å². The highest BCUT2D eigenvalue weighted by atomic mass is 16.5. The highest BCUT2D eigenvalue weighted by Crippen LogP contribution is 2.04. The van der Waals surface area contributed by atoms with E-state index in [1.54, 1.807) is 0 Å². The van der Waals surface area contributed by atoms with Gasteiger partial charge in [0.2, 0.25) is 0 Å². The van der Waals surface area contributed by atoms with Crippen LogP contribution >= 0.6 is 0 Å². The van der Waals surface area contributed by atoms with Gasteiger partial charge in [0.15, 0.2) is 0 Å². The predicted octanol–water partition coefficient (Wildman–Crippen LogP) is 0.284. The van der Waals surface area contributed by atoms with Gasteiger partial charge in [-0.3, -0.25) is 4.90 Å². The number of nitrogens with zero attached hydrogens (tertiary/aromatic N) is 2. The maximum Gasteiger partial charge on any atom is 0.125 e. The highest BCUT2D eigenvalue weighted by Gasteiger charge is 2.08. The van der Waals surface area contributed by atoms with Crippen molar-refractivity contribution in [2.24, 2.45) is 5.73 Å². The molecule has 1 fully saturated rings. The summed E-state index contributed by atoms with van der Waals surface area (Å²) in [6.07, 6.45) is 1.82. The molecule has 0 amide bonds. The predicted molar refractivity (Wildman–Crippen MR) is 67.9 cm³/mol. The maximum atomic E-state index is 5.52. The lowest BCUT2D eigenvalue weighted by molar-refractivity contribution is 0.0398. The Morgan fingerprint density at radius 3 is 2.82 bits per heavy atom. The fraction of sp³-hybridized carbons (Fsp3) is 0.583. The van der Waals surface area contributed by atoms with Crippen molar-refractivity contribution in [3.05, 3.63) is 23.9 Å². The minimum atomic E-state index is 0.543. The number of pyridine rings is 1. The van der Waals surface area contributed by atoms with Crippen molar-refractivity contribution in [3.8, 4) is 0 Å². The normalized spacial score (nSPS) is 17.0. The Morgan fingerprint density at radius 1 is 1.35 bits per heavy atom. The molecule has 2 rings (SSSR count). The topological polar surface area (TPSA) is 63.4 Å². The van der Waals surface area contributed by atoms with Crippen LogP contribution in [0.5, 0.6) is 0 Å². The second kappa shape index (κ2) is 6.54. The molecule has 0 saturated carbocycles. The monoisotopic (exact) mass is 236 g/mol. The number of ether oxygens (including phenoxy) is 1. The van der Waals surface area contributed by atoms with Gasteiger partial charge in [0.1, 0.15) is 5.82 Å². The van der Waals surface area contributed by atoms with Crippen LogP contribution in [0.2, 0.25) is 0 Å². The third-order valence-electron chi connectivity index (χ3n) is 2.90. The summed E-state index contributed by atoms with van der Waals surface area (Å²) in [6, 6.07) is 3.98. The van der Waals surface area contributed by atoms with Gasteiger partial charge in [0.05, 0.1) is 13.2 Å². The van der Waals surface area contributed by atoms with Crippen molar-refractivity contribution in [1.82, 2.24) is 9.88 Å². The molecule has 0 bridgehead atoms. The van der Waals surface area contributed by atoms with Gasteiger partial charge in [-0.05, 0) is 11.6 Å². The molecule has 0 atom stereocenters. The van der Waals surface area contributed by atoms with Crippen molar-refractivity contribution in [2.45, 2.75) is 6.54 Å². The van der Waals surface area contributed by atoms with E-state index in [9.17, 15) is 0 Å². The van der Waals surface area contributed by atoms with E-state index in [0.29, 0.717) is 6.54 Å². The van der Waals surface area contributed by atoms with Crippen molar-refractivity contribution < 1.29 is 4.74 Å². The summed E-state index contributed by atoms with van der Waals surface area (Å²) in [5, 5.41) is 3.31. The Kier molecular flexibility index (Phi) is 4.73. The van der Waals surface area contributed by atoms with Crippen molar-refractivity contribution in [2.75, 3.05) is 44.7 Å². The number of hydrogen-bond donors (Lipinski definition) is 2. The number of morpholine rings is 1. The molecule has 0 unspecified atom stereocenters. The summed E-state index contributed by atoms with van der Waals surface area (Å²) in [7, 11) is 0. The lowest BCUT2D eigenvalue weighted by Crippen LogP contribution is -2.39. The van der Waals surface area contributed by atoms with Crippen LogP contribution in [-0.2, 0) is 11.3 Å². The van der Waals surface area contributed by atoms with Gasteiger partial charge in [-0.15, -0.1) is 0 Å². The Labute approximate surface area is 102 Å². The largest absolute Gasteiger partial charge is 0.379 e. The Balaban J connectivity index is 1.69. The molecule has 94 valence electrons. The average molecular weight is 236 g/mol. The second-order valence-electron chi connectivity index (χ2n) is 4.14. The van der Waals surface area contributed by atoms with Crippen molar-refractivity contribution in [3.63, 3.8) is 0 Å². The van der Waals surface area contributed by atoms with E-state index in [2.05, 4.69) is 15.2 Å². The summed E-state index contributed by atoms with van der Waals surface area (Å²) < 4.78 is 5.30. The van der Waals surface area contributed by atoms with E-state index in [-0.39, 0.29) is 0 Å². The van der Waals surface area contributed by atoms with E-state index in [1.807, 2.05) is 18.3 Å². The fourth-order valence-corrected chi connectivity index (χ4v) is 1.82. The number of hydrogen-bond acceptors (Lipinski definition) is 5. The zero-order valence-corrected chi connectivity index (χ0v) is 10.1. The molecule has 1 saturated heterocycles. The van der Waals surface area contributed by atoms with Crippen LogP contribution in [0.4, 0.5) is 5.82 Å². The van der Waals surface area contributed by atoms with E-state index in [4.69, 9.17) is 10.5 Å². The summed E-state index contributed by atoms with van der Waals surface area (Å²) >= 11 is 0. The van der Waals surface area contributed by atoms with Crippen LogP contribution in [0, 0.1) is 0 Å². The van der Waals surface area contributed by atoms with Crippen molar-refractivity contribution >= 4 is 5.82 Å². The van der Waals surface area contributed by atoms with Gasteiger partial charge in [0, 0.05) is 38.9 Å². The lowest BCUT2D eigenvalue weighted by Gasteiger charge is -2.26. The number of nitrogens with one attached hydrogen (secondary N) is 1. The molecule has 5 heteroatoms. The molecule has 1 aromatic rings. The second-order valence-corrected chi connectivity index (χ2v) is 4.14. The van der Waals surface area contributed by atoms with Gasteiger partial charge < -0.3 is 15.8 Å². The first-order valence-corrected chi connectivity index (χ1v) is 6.07. The first-order chi connectivity index (χ1) is 8.38. The molecule has 0 radical (unpaired) electrons. The highest BCUT2D eigenvalue weighted by molar-refractivity contribution is 5.35. The van der Waals surface area contributed by atoms with Gasteiger partial charge in [-0.25, -0.2) is 4.98 Å². The molecule has 1 aliphatic rings. The third-order valence-corrected chi connectivity index (χ3v) is 2.90. The SMILES string of the molecule is NCc1ccc(NCCN2CCOCC2)nc1. The summed E-state index contributed by atoms with van der Waals surface area (Å²) in [4.78, 5) is 6.69. The first-order valence-electron chi connectivity index (χ1n) is 6.07. The van der Waals surface area contributed by atoms with E-state index >= 15 is 0 Å².